The second-order valence-electron chi connectivity index (χ2n) is 4.02. The van der Waals surface area contributed by atoms with E-state index in [1.54, 1.807) is 18.2 Å². The molecule has 0 bridgehead atoms. The van der Waals surface area contributed by atoms with Crippen LogP contribution < -0.4 is 10.5 Å². The third-order valence-electron chi connectivity index (χ3n) is 2.60. The number of rotatable bonds is 5. The van der Waals surface area contributed by atoms with Gasteiger partial charge in [-0.15, -0.1) is 0 Å². The fourth-order valence-electron chi connectivity index (χ4n) is 1.45. The van der Waals surface area contributed by atoms with Gasteiger partial charge in [0.05, 0.1) is 18.7 Å². The van der Waals surface area contributed by atoms with Gasteiger partial charge in [0.15, 0.2) is 5.78 Å². The van der Waals surface area contributed by atoms with Gasteiger partial charge in [0.2, 0.25) is 0 Å². The highest BCUT2D eigenvalue weighted by atomic mass is 35.5. The van der Waals surface area contributed by atoms with Crippen LogP contribution in [0.25, 0.3) is 0 Å². The summed E-state index contributed by atoms with van der Waals surface area (Å²) in [7, 11) is 0. The lowest BCUT2D eigenvalue weighted by Gasteiger charge is -2.10. The topological polar surface area (TPSA) is 52.3 Å². The van der Waals surface area contributed by atoms with Gasteiger partial charge in [-0.3, -0.25) is 4.79 Å². The molecule has 0 amide bonds. The molecule has 2 rings (SSSR count). The molecule has 0 aliphatic heterocycles. The Bertz CT molecular complexity index is 402. The standard InChI is InChI=1S/C12H14ClNO2/c13-9-3-4-12(16-7-8-1-2-8)10(5-9)11(15)6-14/h3-5,8H,1-2,6-7,14H2. The molecule has 1 aromatic rings. The van der Waals surface area contributed by atoms with Crippen molar-refractivity contribution in [1.29, 1.82) is 0 Å². The zero-order valence-electron chi connectivity index (χ0n) is 8.91. The SMILES string of the molecule is NCC(=O)c1cc(Cl)ccc1OCC1CC1. The summed E-state index contributed by atoms with van der Waals surface area (Å²) >= 11 is 5.84. The molecule has 0 radical (unpaired) electrons. The first-order valence-electron chi connectivity index (χ1n) is 5.36. The van der Waals surface area contributed by atoms with Crippen LogP contribution in [0.15, 0.2) is 18.2 Å². The van der Waals surface area contributed by atoms with Gasteiger partial charge in [-0.05, 0) is 37.0 Å². The molecule has 1 aliphatic rings. The summed E-state index contributed by atoms with van der Waals surface area (Å²) < 4.78 is 5.60. The number of carbonyl (C=O) groups is 1. The maximum absolute atomic E-state index is 11.6. The van der Waals surface area contributed by atoms with Crippen molar-refractivity contribution in [2.45, 2.75) is 12.8 Å². The first kappa shape index (κ1) is 11.4. The Hall–Kier alpha value is -1.06. The van der Waals surface area contributed by atoms with Gasteiger partial charge in [0.25, 0.3) is 0 Å². The molecule has 1 saturated carbocycles. The number of ether oxygens (including phenoxy) is 1. The maximum Gasteiger partial charge on any atom is 0.180 e. The Morgan fingerprint density at radius 3 is 2.88 bits per heavy atom. The molecule has 86 valence electrons. The summed E-state index contributed by atoms with van der Waals surface area (Å²) in [5.74, 6) is 1.09. The van der Waals surface area contributed by atoms with E-state index in [1.165, 1.54) is 12.8 Å². The lowest BCUT2D eigenvalue weighted by molar-refractivity contribution is 0.0997. The largest absolute Gasteiger partial charge is 0.493 e. The molecule has 4 heteroatoms. The number of Topliss-reactive ketones (excluding diaryl/α,β-unsaturated/α-hetero) is 1. The zero-order valence-corrected chi connectivity index (χ0v) is 9.67. The third-order valence-corrected chi connectivity index (χ3v) is 2.83. The summed E-state index contributed by atoms with van der Waals surface area (Å²) in [6.45, 7) is 0.645. The van der Waals surface area contributed by atoms with Crippen molar-refractivity contribution in [3.05, 3.63) is 28.8 Å². The fraction of sp³-hybridized carbons (Fsp3) is 0.417. The Morgan fingerprint density at radius 1 is 1.50 bits per heavy atom. The Balaban J connectivity index is 2.16. The number of hydrogen-bond donors (Lipinski definition) is 1. The van der Waals surface area contributed by atoms with Crippen LogP contribution in [0.3, 0.4) is 0 Å². The van der Waals surface area contributed by atoms with E-state index >= 15 is 0 Å². The molecule has 0 unspecified atom stereocenters. The third kappa shape index (κ3) is 2.74. The normalized spacial score (nSPS) is 14.9. The second-order valence-corrected chi connectivity index (χ2v) is 4.46. The van der Waals surface area contributed by atoms with E-state index in [0.29, 0.717) is 28.9 Å². The number of nitrogens with two attached hydrogens (primary N) is 1. The number of benzene rings is 1. The lowest BCUT2D eigenvalue weighted by atomic mass is 10.1. The zero-order chi connectivity index (χ0) is 11.5. The molecular weight excluding hydrogens is 226 g/mol. The van der Waals surface area contributed by atoms with Gasteiger partial charge < -0.3 is 10.5 Å². The minimum atomic E-state index is -0.145. The molecule has 16 heavy (non-hydrogen) atoms. The van der Waals surface area contributed by atoms with E-state index in [-0.39, 0.29) is 12.3 Å². The molecule has 0 aromatic heterocycles. The molecule has 0 spiro atoms. The number of hydrogen-bond acceptors (Lipinski definition) is 3. The highest BCUT2D eigenvalue weighted by molar-refractivity contribution is 6.31. The van der Waals surface area contributed by atoms with Crippen LogP contribution in [-0.2, 0) is 0 Å². The van der Waals surface area contributed by atoms with Gasteiger partial charge >= 0.3 is 0 Å². The van der Waals surface area contributed by atoms with Gasteiger partial charge in [0.1, 0.15) is 5.75 Å². The summed E-state index contributed by atoms with van der Waals surface area (Å²) in [4.78, 5) is 11.6. The van der Waals surface area contributed by atoms with E-state index in [4.69, 9.17) is 22.1 Å². The van der Waals surface area contributed by atoms with Crippen LogP contribution in [0, 0.1) is 5.92 Å². The summed E-state index contributed by atoms with van der Waals surface area (Å²) in [6.07, 6.45) is 2.43. The average Bonchev–Trinajstić information content (AvgIpc) is 3.10. The van der Waals surface area contributed by atoms with E-state index in [0.717, 1.165) is 0 Å². The van der Waals surface area contributed by atoms with Crippen molar-refractivity contribution >= 4 is 17.4 Å². The minimum absolute atomic E-state index is 0.0276. The fourth-order valence-corrected chi connectivity index (χ4v) is 1.62. The smallest absolute Gasteiger partial charge is 0.180 e. The molecular formula is C12H14ClNO2. The quantitative estimate of drug-likeness (QED) is 0.802. The molecule has 1 aromatic carbocycles. The van der Waals surface area contributed by atoms with Crippen molar-refractivity contribution < 1.29 is 9.53 Å². The Labute approximate surface area is 99.5 Å². The van der Waals surface area contributed by atoms with Crippen LogP contribution in [-0.4, -0.2) is 18.9 Å². The summed E-state index contributed by atoms with van der Waals surface area (Å²) in [5.41, 5.74) is 5.83. The van der Waals surface area contributed by atoms with Crippen LogP contribution >= 0.6 is 11.6 Å². The molecule has 1 fully saturated rings. The predicted octanol–water partition coefficient (Wildman–Crippen LogP) is 2.27. The van der Waals surface area contributed by atoms with Crippen molar-refractivity contribution in [2.24, 2.45) is 11.7 Å². The maximum atomic E-state index is 11.6. The number of ketones is 1. The highest BCUT2D eigenvalue weighted by Crippen LogP contribution is 2.31. The Morgan fingerprint density at radius 2 is 2.25 bits per heavy atom. The first-order valence-corrected chi connectivity index (χ1v) is 5.74. The van der Waals surface area contributed by atoms with E-state index in [2.05, 4.69) is 0 Å². The van der Waals surface area contributed by atoms with Gasteiger partial charge in [-0.25, -0.2) is 0 Å². The van der Waals surface area contributed by atoms with Crippen molar-refractivity contribution in [2.75, 3.05) is 13.2 Å². The van der Waals surface area contributed by atoms with Crippen LogP contribution in [0.1, 0.15) is 23.2 Å². The van der Waals surface area contributed by atoms with Crippen LogP contribution in [0.4, 0.5) is 0 Å². The summed E-state index contributed by atoms with van der Waals surface area (Å²) in [5, 5.41) is 0.524. The molecule has 2 N–H and O–H groups in total. The van der Waals surface area contributed by atoms with Crippen LogP contribution in [0.5, 0.6) is 5.75 Å². The van der Waals surface area contributed by atoms with Crippen molar-refractivity contribution in [3.63, 3.8) is 0 Å². The average molecular weight is 240 g/mol. The van der Waals surface area contributed by atoms with Crippen molar-refractivity contribution in [1.82, 2.24) is 0 Å². The molecule has 3 nitrogen and oxygen atoms in total. The minimum Gasteiger partial charge on any atom is -0.493 e. The second kappa shape index (κ2) is 4.85. The van der Waals surface area contributed by atoms with Crippen molar-refractivity contribution in [3.8, 4) is 5.75 Å². The van der Waals surface area contributed by atoms with E-state index < -0.39 is 0 Å². The lowest BCUT2D eigenvalue weighted by Crippen LogP contribution is -2.15. The molecule has 0 heterocycles. The van der Waals surface area contributed by atoms with E-state index in [9.17, 15) is 4.79 Å². The molecule has 0 saturated heterocycles. The predicted molar refractivity (Wildman–Crippen MR) is 63.1 cm³/mol. The molecule has 0 atom stereocenters. The van der Waals surface area contributed by atoms with Gasteiger partial charge in [0, 0.05) is 5.02 Å². The summed E-state index contributed by atoms with van der Waals surface area (Å²) in [6, 6.07) is 5.06. The van der Waals surface area contributed by atoms with Gasteiger partial charge in [-0.1, -0.05) is 11.6 Å². The number of carbonyl (C=O) groups excluding carboxylic acids is 1. The molecule has 1 aliphatic carbocycles. The van der Waals surface area contributed by atoms with E-state index in [1.807, 2.05) is 0 Å². The monoisotopic (exact) mass is 239 g/mol. The van der Waals surface area contributed by atoms with Crippen LogP contribution in [0.2, 0.25) is 5.02 Å². The Kier molecular flexibility index (Phi) is 3.46. The number of halogens is 1. The van der Waals surface area contributed by atoms with Gasteiger partial charge in [-0.2, -0.15) is 0 Å². The highest BCUT2D eigenvalue weighted by Gasteiger charge is 2.23. The first-order chi connectivity index (χ1) is 7.70.